The quantitative estimate of drug-likeness (QED) is 0.745. The Labute approximate surface area is 93.3 Å². The molecule has 5 nitrogen and oxygen atoms in total. The van der Waals surface area contributed by atoms with E-state index in [0.717, 1.165) is 0 Å². The Bertz CT molecular complexity index is 440. The minimum atomic E-state index is -0.226. The summed E-state index contributed by atoms with van der Waals surface area (Å²) >= 11 is 0. The van der Waals surface area contributed by atoms with Crippen molar-refractivity contribution >= 4 is 28.9 Å². The average molecular weight is 217 g/mol. The molecule has 0 aromatic heterocycles. The number of hydrogen-bond acceptors (Lipinski definition) is 2. The standard InChI is InChI=1S/C11H11N3O2/c1-7(15)13-10-4-9(12-3)5-11(6-10)14-8(2)16/h4-6H,1-2H3,(H,13,15)(H,14,16). The van der Waals surface area contributed by atoms with E-state index in [0.29, 0.717) is 17.1 Å². The zero-order valence-electron chi connectivity index (χ0n) is 9.00. The van der Waals surface area contributed by atoms with Crippen molar-refractivity contribution in [3.05, 3.63) is 29.6 Å². The lowest BCUT2D eigenvalue weighted by atomic mass is 10.2. The molecule has 2 N–H and O–H groups in total. The number of benzene rings is 1. The highest BCUT2D eigenvalue weighted by Crippen LogP contribution is 2.24. The number of hydrogen-bond donors (Lipinski definition) is 2. The normalized spacial score (nSPS) is 9.06. The van der Waals surface area contributed by atoms with Crippen LogP contribution in [0, 0.1) is 6.57 Å². The van der Waals surface area contributed by atoms with Crippen molar-refractivity contribution < 1.29 is 9.59 Å². The fourth-order valence-corrected chi connectivity index (χ4v) is 1.23. The van der Waals surface area contributed by atoms with E-state index in [1.807, 2.05) is 0 Å². The summed E-state index contributed by atoms with van der Waals surface area (Å²) in [6.45, 7) is 9.66. The lowest BCUT2D eigenvalue weighted by Crippen LogP contribution is -2.08. The molecule has 0 heterocycles. The number of amides is 2. The van der Waals surface area contributed by atoms with Gasteiger partial charge in [0.15, 0.2) is 5.69 Å². The van der Waals surface area contributed by atoms with E-state index in [4.69, 9.17) is 6.57 Å². The Morgan fingerprint density at radius 1 is 1.06 bits per heavy atom. The molecule has 1 rings (SSSR count). The van der Waals surface area contributed by atoms with Crippen LogP contribution in [0.5, 0.6) is 0 Å². The molecule has 0 aliphatic rings. The Hall–Kier alpha value is -2.35. The highest BCUT2D eigenvalue weighted by molar-refractivity contribution is 5.93. The molecule has 2 amide bonds. The third-order valence-electron chi connectivity index (χ3n) is 1.69. The Morgan fingerprint density at radius 2 is 1.50 bits per heavy atom. The molecule has 0 radical (unpaired) electrons. The molecule has 0 aliphatic carbocycles. The topological polar surface area (TPSA) is 62.6 Å². The van der Waals surface area contributed by atoms with Crippen molar-refractivity contribution in [2.45, 2.75) is 13.8 Å². The number of rotatable bonds is 2. The van der Waals surface area contributed by atoms with Crippen molar-refractivity contribution in [3.63, 3.8) is 0 Å². The van der Waals surface area contributed by atoms with Crippen LogP contribution in [-0.2, 0) is 9.59 Å². The van der Waals surface area contributed by atoms with E-state index in [1.165, 1.54) is 13.8 Å². The molecular formula is C11H11N3O2. The van der Waals surface area contributed by atoms with Gasteiger partial charge in [-0.2, -0.15) is 0 Å². The number of carbonyl (C=O) groups is 2. The van der Waals surface area contributed by atoms with E-state index < -0.39 is 0 Å². The molecule has 5 heteroatoms. The summed E-state index contributed by atoms with van der Waals surface area (Å²) < 4.78 is 0. The maximum atomic E-state index is 10.9. The first kappa shape index (κ1) is 11.7. The smallest absolute Gasteiger partial charge is 0.221 e. The summed E-state index contributed by atoms with van der Waals surface area (Å²) in [6.07, 6.45) is 0. The van der Waals surface area contributed by atoms with Crippen molar-refractivity contribution in [1.82, 2.24) is 0 Å². The van der Waals surface area contributed by atoms with E-state index in [9.17, 15) is 9.59 Å². The van der Waals surface area contributed by atoms with Gasteiger partial charge in [-0.3, -0.25) is 9.59 Å². The highest BCUT2D eigenvalue weighted by atomic mass is 16.2. The van der Waals surface area contributed by atoms with Crippen LogP contribution in [0.25, 0.3) is 4.85 Å². The molecule has 0 atom stereocenters. The highest BCUT2D eigenvalue weighted by Gasteiger charge is 2.03. The van der Waals surface area contributed by atoms with Gasteiger partial charge < -0.3 is 10.6 Å². The van der Waals surface area contributed by atoms with E-state index in [2.05, 4.69) is 15.5 Å². The number of carbonyl (C=O) groups excluding carboxylic acids is 2. The summed E-state index contributed by atoms with van der Waals surface area (Å²) in [7, 11) is 0. The molecule has 1 aromatic rings. The molecule has 0 unspecified atom stereocenters. The fraction of sp³-hybridized carbons (Fsp3) is 0.182. The second-order valence-corrected chi connectivity index (χ2v) is 3.24. The van der Waals surface area contributed by atoms with Gasteiger partial charge in [0.1, 0.15) is 0 Å². The van der Waals surface area contributed by atoms with Gasteiger partial charge >= 0.3 is 0 Å². The van der Waals surface area contributed by atoms with Crippen LogP contribution in [0.1, 0.15) is 13.8 Å². The molecule has 0 aliphatic heterocycles. The summed E-state index contributed by atoms with van der Waals surface area (Å²) in [5, 5.41) is 5.12. The predicted octanol–water partition coefficient (Wildman–Crippen LogP) is 2.15. The first-order chi connectivity index (χ1) is 7.51. The maximum Gasteiger partial charge on any atom is 0.221 e. The van der Waals surface area contributed by atoms with Gasteiger partial charge in [-0.15, -0.1) is 0 Å². The maximum absolute atomic E-state index is 10.9. The first-order valence-corrected chi connectivity index (χ1v) is 4.59. The second kappa shape index (κ2) is 4.94. The molecule has 1 aromatic carbocycles. The van der Waals surface area contributed by atoms with Gasteiger partial charge in [0.05, 0.1) is 6.57 Å². The van der Waals surface area contributed by atoms with Crippen LogP contribution in [0.15, 0.2) is 18.2 Å². The van der Waals surface area contributed by atoms with Gasteiger partial charge in [0.25, 0.3) is 0 Å². The van der Waals surface area contributed by atoms with Crippen LogP contribution in [-0.4, -0.2) is 11.8 Å². The van der Waals surface area contributed by atoms with Crippen molar-refractivity contribution in [2.24, 2.45) is 0 Å². The summed E-state index contributed by atoms with van der Waals surface area (Å²) in [5.41, 5.74) is 1.34. The zero-order valence-corrected chi connectivity index (χ0v) is 9.00. The number of anilines is 2. The van der Waals surface area contributed by atoms with Crippen molar-refractivity contribution in [2.75, 3.05) is 10.6 Å². The SMILES string of the molecule is [C-]#[N+]c1cc(NC(C)=O)cc(NC(C)=O)c1. The van der Waals surface area contributed by atoms with Gasteiger partial charge in [-0.25, -0.2) is 4.85 Å². The summed E-state index contributed by atoms with van der Waals surface area (Å²) in [4.78, 5) is 25.0. The van der Waals surface area contributed by atoms with E-state index in [-0.39, 0.29) is 11.8 Å². The van der Waals surface area contributed by atoms with E-state index in [1.54, 1.807) is 18.2 Å². The van der Waals surface area contributed by atoms with Gasteiger partial charge in [-0.05, 0) is 18.2 Å². The first-order valence-electron chi connectivity index (χ1n) is 4.59. The van der Waals surface area contributed by atoms with Crippen LogP contribution >= 0.6 is 0 Å². The average Bonchev–Trinajstić information content (AvgIpc) is 2.14. The van der Waals surface area contributed by atoms with Crippen molar-refractivity contribution in [1.29, 1.82) is 0 Å². The lowest BCUT2D eigenvalue weighted by molar-refractivity contribution is -0.115. The zero-order chi connectivity index (χ0) is 12.1. The number of nitrogens with zero attached hydrogens (tertiary/aromatic N) is 1. The third kappa shape index (κ3) is 3.42. The molecule has 82 valence electrons. The monoisotopic (exact) mass is 217 g/mol. The van der Waals surface area contributed by atoms with E-state index >= 15 is 0 Å². The summed E-state index contributed by atoms with van der Waals surface area (Å²) in [6, 6.07) is 4.68. The third-order valence-corrected chi connectivity index (χ3v) is 1.69. The van der Waals surface area contributed by atoms with Crippen LogP contribution in [0.3, 0.4) is 0 Å². The molecule has 0 saturated carbocycles. The largest absolute Gasteiger partial charge is 0.327 e. The lowest BCUT2D eigenvalue weighted by Gasteiger charge is -2.07. The summed E-state index contributed by atoms with van der Waals surface area (Å²) in [5.74, 6) is -0.452. The van der Waals surface area contributed by atoms with Crippen molar-refractivity contribution in [3.8, 4) is 0 Å². The molecule has 16 heavy (non-hydrogen) atoms. The van der Waals surface area contributed by atoms with Crippen LogP contribution < -0.4 is 10.6 Å². The predicted molar refractivity (Wildman–Crippen MR) is 61.3 cm³/mol. The molecule has 0 fully saturated rings. The van der Waals surface area contributed by atoms with Gasteiger partial charge in [-0.1, -0.05) is 0 Å². The van der Waals surface area contributed by atoms with Crippen LogP contribution in [0.2, 0.25) is 0 Å². The Balaban J connectivity index is 3.06. The van der Waals surface area contributed by atoms with Gasteiger partial charge in [0.2, 0.25) is 11.8 Å². The minimum Gasteiger partial charge on any atom is -0.327 e. The number of nitrogens with one attached hydrogen (secondary N) is 2. The molecule has 0 saturated heterocycles. The minimum absolute atomic E-state index is 0.226. The molecule has 0 bridgehead atoms. The van der Waals surface area contributed by atoms with Gasteiger partial charge in [0, 0.05) is 25.2 Å². The van der Waals surface area contributed by atoms with Crippen LogP contribution in [0.4, 0.5) is 17.1 Å². The second-order valence-electron chi connectivity index (χ2n) is 3.24. The fourth-order valence-electron chi connectivity index (χ4n) is 1.23. The Morgan fingerprint density at radius 3 is 1.81 bits per heavy atom. The Kier molecular flexibility index (Phi) is 3.62. The molecular weight excluding hydrogens is 206 g/mol. The molecule has 0 spiro atoms.